The Morgan fingerprint density at radius 3 is 2.59 bits per heavy atom. The van der Waals surface area contributed by atoms with Crippen LogP contribution in [0.15, 0.2) is 78.9 Å². The Labute approximate surface area is 196 Å². The number of ether oxygens (including phenoxy) is 2. The molecule has 0 atom stereocenters. The van der Waals surface area contributed by atoms with Crippen molar-refractivity contribution in [3.8, 4) is 23.0 Å². The summed E-state index contributed by atoms with van der Waals surface area (Å²) in [5.74, 6) is 1.40. The topological polar surface area (TPSA) is 90.6 Å². The molecule has 5 aromatic rings. The SMILES string of the molecule is CCOc1ccc2ccccc2c1C(=O)NCCOc1ccc2nnc(-c3ccccc3)n2n1. The van der Waals surface area contributed by atoms with E-state index in [0.717, 1.165) is 16.3 Å². The van der Waals surface area contributed by atoms with Crippen molar-refractivity contribution < 1.29 is 14.3 Å². The summed E-state index contributed by atoms with van der Waals surface area (Å²) >= 11 is 0. The molecule has 8 heteroatoms. The molecule has 8 nitrogen and oxygen atoms in total. The van der Waals surface area contributed by atoms with Gasteiger partial charge in [-0.1, -0.05) is 60.7 Å². The van der Waals surface area contributed by atoms with Gasteiger partial charge < -0.3 is 14.8 Å². The maximum Gasteiger partial charge on any atom is 0.255 e. The van der Waals surface area contributed by atoms with Crippen LogP contribution >= 0.6 is 0 Å². The van der Waals surface area contributed by atoms with E-state index in [4.69, 9.17) is 9.47 Å². The van der Waals surface area contributed by atoms with Gasteiger partial charge in [-0.3, -0.25) is 4.79 Å². The van der Waals surface area contributed by atoms with Crippen LogP contribution in [-0.2, 0) is 0 Å². The number of hydrogen-bond donors (Lipinski definition) is 1. The van der Waals surface area contributed by atoms with Gasteiger partial charge in [-0.15, -0.1) is 15.3 Å². The van der Waals surface area contributed by atoms with Crippen molar-refractivity contribution in [3.05, 3.63) is 84.4 Å². The average Bonchev–Trinajstić information content (AvgIpc) is 3.30. The van der Waals surface area contributed by atoms with E-state index in [9.17, 15) is 4.79 Å². The van der Waals surface area contributed by atoms with Crippen LogP contribution in [0.1, 0.15) is 17.3 Å². The number of rotatable bonds is 8. The molecule has 2 heterocycles. The predicted octanol–water partition coefficient (Wildman–Crippen LogP) is 4.15. The predicted molar refractivity (Wildman–Crippen MR) is 129 cm³/mol. The highest BCUT2D eigenvalue weighted by Crippen LogP contribution is 2.28. The van der Waals surface area contributed by atoms with Crippen LogP contribution in [0.4, 0.5) is 0 Å². The molecule has 5 rings (SSSR count). The largest absolute Gasteiger partial charge is 0.493 e. The molecule has 0 unspecified atom stereocenters. The molecule has 34 heavy (non-hydrogen) atoms. The van der Waals surface area contributed by atoms with Gasteiger partial charge in [0.2, 0.25) is 5.88 Å². The number of nitrogens with zero attached hydrogens (tertiary/aromatic N) is 4. The molecule has 0 saturated carbocycles. The fourth-order valence-corrected chi connectivity index (χ4v) is 3.79. The van der Waals surface area contributed by atoms with E-state index in [2.05, 4.69) is 20.6 Å². The zero-order valence-electron chi connectivity index (χ0n) is 18.6. The second-order valence-electron chi connectivity index (χ2n) is 7.53. The number of fused-ring (bicyclic) bond motifs is 2. The lowest BCUT2D eigenvalue weighted by Crippen LogP contribution is -2.29. The minimum Gasteiger partial charge on any atom is -0.493 e. The molecular weight excluding hydrogens is 430 g/mol. The molecule has 0 bridgehead atoms. The lowest BCUT2D eigenvalue weighted by Gasteiger charge is -2.14. The smallest absolute Gasteiger partial charge is 0.255 e. The minimum absolute atomic E-state index is 0.211. The maximum absolute atomic E-state index is 13.0. The van der Waals surface area contributed by atoms with Gasteiger partial charge in [0.1, 0.15) is 12.4 Å². The molecule has 3 aromatic carbocycles. The molecule has 0 aliphatic rings. The summed E-state index contributed by atoms with van der Waals surface area (Å²) in [6.07, 6.45) is 0. The van der Waals surface area contributed by atoms with Gasteiger partial charge in [0.05, 0.1) is 18.7 Å². The van der Waals surface area contributed by atoms with Crippen molar-refractivity contribution in [2.45, 2.75) is 6.92 Å². The third kappa shape index (κ3) is 4.25. The molecule has 0 aliphatic heterocycles. The zero-order valence-corrected chi connectivity index (χ0v) is 18.6. The van der Waals surface area contributed by atoms with Crippen LogP contribution in [0, 0.1) is 0 Å². The third-order valence-electron chi connectivity index (χ3n) is 5.33. The Morgan fingerprint density at radius 2 is 1.74 bits per heavy atom. The van der Waals surface area contributed by atoms with Crippen LogP contribution in [-0.4, -0.2) is 45.5 Å². The molecule has 1 amide bonds. The highest BCUT2D eigenvalue weighted by Gasteiger charge is 2.16. The quantitative estimate of drug-likeness (QED) is 0.355. The molecular formula is C26H23N5O3. The molecule has 2 aromatic heterocycles. The number of hydrogen-bond acceptors (Lipinski definition) is 6. The maximum atomic E-state index is 13.0. The monoisotopic (exact) mass is 453 g/mol. The number of aromatic nitrogens is 4. The van der Waals surface area contributed by atoms with Gasteiger partial charge >= 0.3 is 0 Å². The summed E-state index contributed by atoms with van der Waals surface area (Å²) in [5.41, 5.74) is 2.06. The van der Waals surface area contributed by atoms with Gasteiger partial charge in [0.25, 0.3) is 5.91 Å². The summed E-state index contributed by atoms with van der Waals surface area (Å²) in [7, 11) is 0. The van der Waals surface area contributed by atoms with E-state index >= 15 is 0 Å². The second-order valence-corrected chi connectivity index (χ2v) is 7.53. The van der Waals surface area contributed by atoms with Gasteiger partial charge in [0, 0.05) is 11.6 Å². The van der Waals surface area contributed by atoms with Gasteiger partial charge in [0.15, 0.2) is 11.5 Å². The van der Waals surface area contributed by atoms with E-state index in [1.807, 2.05) is 73.7 Å². The first-order valence-electron chi connectivity index (χ1n) is 11.1. The minimum atomic E-state index is -0.211. The normalized spacial score (nSPS) is 11.0. The van der Waals surface area contributed by atoms with Crippen LogP contribution in [0.25, 0.3) is 27.8 Å². The van der Waals surface area contributed by atoms with Crippen molar-refractivity contribution in [1.82, 2.24) is 25.1 Å². The van der Waals surface area contributed by atoms with Gasteiger partial charge in [-0.25, -0.2) is 0 Å². The first-order valence-corrected chi connectivity index (χ1v) is 11.1. The van der Waals surface area contributed by atoms with Crippen LogP contribution in [0.5, 0.6) is 11.6 Å². The summed E-state index contributed by atoms with van der Waals surface area (Å²) in [4.78, 5) is 13.0. The van der Waals surface area contributed by atoms with Crippen LogP contribution < -0.4 is 14.8 Å². The Hall–Kier alpha value is -4.46. The van der Waals surface area contributed by atoms with Crippen LogP contribution in [0.3, 0.4) is 0 Å². The Balaban J connectivity index is 1.27. The first kappa shape index (κ1) is 21.4. The van der Waals surface area contributed by atoms with Gasteiger partial charge in [-0.2, -0.15) is 4.52 Å². The lowest BCUT2D eigenvalue weighted by molar-refractivity contribution is 0.0944. The fraction of sp³-hybridized carbons (Fsp3) is 0.154. The molecule has 0 fully saturated rings. The van der Waals surface area contributed by atoms with E-state index in [1.54, 1.807) is 16.6 Å². The van der Waals surface area contributed by atoms with E-state index in [1.165, 1.54) is 0 Å². The van der Waals surface area contributed by atoms with Crippen molar-refractivity contribution >= 4 is 22.3 Å². The Bertz CT molecular complexity index is 1450. The Morgan fingerprint density at radius 1 is 0.912 bits per heavy atom. The van der Waals surface area contributed by atoms with Gasteiger partial charge in [-0.05, 0) is 29.8 Å². The molecule has 170 valence electrons. The Kier molecular flexibility index (Phi) is 6.03. The highest BCUT2D eigenvalue weighted by atomic mass is 16.5. The number of benzene rings is 3. The molecule has 0 saturated heterocycles. The van der Waals surface area contributed by atoms with Crippen molar-refractivity contribution in [3.63, 3.8) is 0 Å². The first-order chi connectivity index (χ1) is 16.7. The fourth-order valence-electron chi connectivity index (χ4n) is 3.79. The number of carbonyl (C=O) groups excluding carboxylic acids is 1. The zero-order chi connectivity index (χ0) is 23.3. The number of carbonyl (C=O) groups is 1. The highest BCUT2D eigenvalue weighted by molar-refractivity contribution is 6.09. The van der Waals surface area contributed by atoms with E-state index < -0.39 is 0 Å². The van der Waals surface area contributed by atoms with Crippen LogP contribution in [0.2, 0.25) is 0 Å². The molecule has 0 aliphatic carbocycles. The average molecular weight is 454 g/mol. The van der Waals surface area contributed by atoms with Crippen molar-refractivity contribution in [2.24, 2.45) is 0 Å². The number of amides is 1. The third-order valence-corrected chi connectivity index (χ3v) is 5.33. The summed E-state index contributed by atoms with van der Waals surface area (Å²) < 4.78 is 13.1. The number of nitrogens with one attached hydrogen (secondary N) is 1. The summed E-state index contributed by atoms with van der Waals surface area (Å²) in [6, 6.07) is 24.8. The molecule has 0 spiro atoms. The van der Waals surface area contributed by atoms with E-state index in [-0.39, 0.29) is 12.5 Å². The van der Waals surface area contributed by atoms with E-state index in [0.29, 0.717) is 41.8 Å². The van der Waals surface area contributed by atoms with Crippen molar-refractivity contribution in [2.75, 3.05) is 19.8 Å². The standard InChI is InChI=1S/C26H23N5O3/c1-2-33-21-13-12-18-8-6-7-11-20(18)24(21)26(32)27-16-17-34-23-15-14-22-28-29-25(31(22)30-23)19-9-4-3-5-10-19/h3-15H,2,16-17H2,1H3,(H,27,32). The van der Waals surface area contributed by atoms with Crippen molar-refractivity contribution in [1.29, 1.82) is 0 Å². The second kappa shape index (κ2) is 9.58. The molecule has 1 N–H and O–H groups in total. The lowest BCUT2D eigenvalue weighted by atomic mass is 10.0. The molecule has 0 radical (unpaired) electrons. The summed E-state index contributed by atoms with van der Waals surface area (Å²) in [5, 5.41) is 17.7. The summed E-state index contributed by atoms with van der Waals surface area (Å²) in [6.45, 7) is 2.93.